The molecular weight excluding hydrogens is 440 g/mol. The predicted octanol–water partition coefficient (Wildman–Crippen LogP) is 5.61. The zero-order chi connectivity index (χ0) is 23.8. The summed E-state index contributed by atoms with van der Waals surface area (Å²) in [4.78, 5) is 18.2. The van der Waals surface area contributed by atoms with Crippen molar-refractivity contribution in [3.63, 3.8) is 0 Å². The quantitative estimate of drug-likeness (QED) is 0.308. The van der Waals surface area contributed by atoms with Gasteiger partial charge in [0.25, 0.3) is 5.91 Å². The summed E-state index contributed by atoms with van der Waals surface area (Å²) in [7, 11) is 0. The van der Waals surface area contributed by atoms with Crippen molar-refractivity contribution in [2.45, 2.75) is 20.1 Å². The van der Waals surface area contributed by atoms with Crippen LogP contribution in [-0.4, -0.2) is 24.1 Å². The first-order chi connectivity index (χ1) is 15.9. The number of nitrogens with zero attached hydrogens (tertiary/aromatic N) is 2. The first-order valence-electron chi connectivity index (χ1n) is 9.93. The van der Waals surface area contributed by atoms with Gasteiger partial charge in [0.15, 0.2) is 11.5 Å². The van der Waals surface area contributed by atoms with Crippen LogP contribution in [0.15, 0.2) is 66.9 Å². The molecule has 172 valence electrons. The van der Waals surface area contributed by atoms with Crippen LogP contribution in [0, 0.1) is 11.6 Å². The number of rotatable bonds is 9. The molecule has 0 saturated carbocycles. The smallest absolute Gasteiger partial charge is 0.387 e. The van der Waals surface area contributed by atoms with Crippen LogP contribution in [0.1, 0.15) is 18.2 Å². The molecule has 33 heavy (non-hydrogen) atoms. The van der Waals surface area contributed by atoms with Crippen LogP contribution < -0.4 is 14.4 Å². The number of ether oxygens (including phenoxy) is 2. The summed E-state index contributed by atoms with van der Waals surface area (Å²) in [6.07, 6.45) is 4.14. The van der Waals surface area contributed by atoms with E-state index in [0.29, 0.717) is 17.3 Å². The maximum atomic E-state index is 14.4. The molecule has 0 radical (unpaired) electrons. The Morgan fingerprint density at radius 1 is 1.09 bits per heavy atom. The number of halogens is 4. The molecule has 0 bridgehead atoms. The lowest BCUT2D eigenvalue weighted by Gasteiger charge is -2.21. The Morgan fingerprint density at radius 3 is 2.58 bits per heavy atom. The van der Waals surface area contributed by atoms with E-state index in [2.05, 4.69) is 9.72 Å². The average molecular weight is 460 g/mol. The molecule has 0 spiro atoms. The summed E-state index contributed by atoms with van der Waals surface area (Å²) in [5, 5.41) is 0. The number of carbonyl (C=O) groups excluding carboxylic acids is 1. The van der Waals surface area contributed by atoms with Crippen molar-refractivity contribution < 1.29 is 31.8 Å². The monoisotopic (exact) mass is 460 g/mol. The van der Waals surface area contributed by atoms with Crippen molar-refractivity contribution in [1.29, 1.82) is 0 Å². The van der Waals surface area contributed by atoms with Gasteiger partial charge in [0.05, 0.1) is 24.5 Å². The van der Waals surface area contributed by atoms with Gasteiger partial charge < -0.3 is 9.47 Å². The molecule has 0 unspecified atom stereocenters. The second-order valence-corrected chi connectivity index (χ2v) is 6.69. The van der Waals surface area contributed by atoms with E-state index in [-0.39, 0.29) is 30.3 Å². The topological polar surface area (TPSA) is 51.7 Å². The first kappa shape index (κ1) is 23.8. The van der Waals surface area contributed by atoms with E-state index in [0.717, 1.165) is 11.0 Å². The molecule has 0 atom stereocenters. The Bertz CT molecular complexity index is 1120. The van der Waals surface area contributed by atoms with Crippen LogP contribution in [0.2, 0.25) is 0 Å². The van der Waals surface area contributed by atoms with Gasteiger partial charge in [-0.15, -0.1) is 0 Å². The molecule has 5 nitrogen and oxygen atoms in total. The van der Waals surface area contributed by atoms with Crippen LogP contribution in [0.5, 0.6) is 11.5 Å². The normalized spacial score (nSPS) is 11.1. The van der Waals surface area contributed by atoms with Crippen LogP contribution in [0.3, 0.4) is 0 Å². The fraction of sp³-hybridized carbons (Fsp3) is 0.167. The average Bonchev–Trinajstić information content (AvgIpc) is 2.78. The molecule has 3 rings (SSSR count). The van der Waals surface area contributed by atoms with Gasteiger partial charge in [-0.05, 0) is 55.0 Å². The number of anilines is 1. The van der Waals surface area contributed by atoms with Gasteiger partial charge in [0, 0.05) is 18.3 Å². The van der Waals surface area contributed by atoms with E-state index in [1.165, 1.54) is 42.6 Å². The number of alkyl halides is 2. The summed E-state index contributed by atoms with van der Waals surface area (Å²) in [6, 6.07) is 12.2. The predicted molar refractivity (Wildman–Crippen MR) is 115 cm³/mol. The minimum absolute atomic E-state index is 0.0576. The minimum Gasteiger partial charge on any atom is -0.490 e. The van der Waals surface area contributed by atoms with Crippen LogP contribution in [-0.2, 0) is 11.3 Å². The lowest BCUT2D eigenvalue weighted by atomic mass is 10.1. The molecule has 0 N–H and O–H groups in total. The summed E-state index contributed by atoms with van der Waals surface area (Å²) in [6.45, 7) is -1.17. The van der Waals surface area contributed by atoms with E-state index < -0.39 is 24.2 Å². The summed E-state index contributed by atoms with van der Waals surface area (Å²) in [5.74, 6) is -2.33. The highest BCUT2D eigenvalue weighted by Crippen LogP contribution is 2.30. The van der Waals surface area contributed by atoms with Crippen molar-refractivity contribution in [2.75, 3.05) is 11.5 Å². The molecule has 0 aliphatic rings. The highest BCUT2D eigenvalue weighted by molar-refractivity contribution is 6.03. The van der Waals surface area contributed by atoms with Crippen LogP contribution in [0.25, 0.3) is 6.08 Å². The third-order valence-corrected chi connectivity index (χ3v) is 4.41. The molecule has 1 amide bonds. The fourth-order valence-electron chi connectivity index (χ4n) is 2.98. The molecule has 9 heteroatoms. The minimum atomic E-state index is -3.02. The fourth-order valence-corrected chi connectivity index (χ4v) is 2.98. The standard InChI is InChI=1S/C24H20F4N2O3/c1-2-32-22-13-16(6-10-21(22)33-24(27)28)7-11-23(31)30(15-18-5-3-4-12-29-18)20-9-8-17(25)14-19(20)26/h3-14,24H,2,15H2,1H3. The molecule has 1 aromatic heterocycles. The van der Waals surface area contributed by atoms with Gasteiger partial charge in [-0.25, -0.2) is 8.78 Å². The van der Waals surface area contributed by atoms with Crippen molar-refractivity contribution in [3.8, 4) is 11.5 Å². The van der Waals surface area contributed by atoms with E-state index in [1.807, 2.05) is 0 Å². The third-order valence-electron chi connectivity index (χ3n) is 4.41. The number of pyridine rings is 1. The Balaban J connectivity index is 1.89. The van der Waals surface area contributed by atoms with Crippen LogP contribution in [0.4, 0.5) is 23.2 Å². The summed E-state index contributed by atoms with van der Waals surface area (Å²) in [5.41, 5.74) is 0.841. The second kappa shape index (κ2) is 11.1. The number of aromatic nitrogens is 1. The molecule has 1 heterocycles. The second-order valence-electron chi connectivity index (χ2n) is 6.69. The van der Waals surface area contributed by atoms with Gasteiger partial charge in [0.2, 0.25) is 0 Å². The lowest BCUT2D eigenvalue weighted by molar-refractivity contribution is -0.114. The van der Waals surface area contributed by atoms with Gasteiger partial charge in [-0.3, -0.25) is 14.7 Å². The number of benzene rings is 2. The van der Waals surface area contributed by atoms with Gasteiger partial charge >= 0.3 is 6.61 Å². The number of amides is 1. The summed E-state index contributed by atoms with van der Waals surface area (Å²) >= 11 is 0. The van der Waals surface area contributed by atoms with Gasteiger partial charge in [0.1, 0.15) is 11.6 Å². The van der Waals surface area contributed by atoms with E-state index in [1.54, 1.807) is 25.1 Å². The van der Waals surface area contributed by atoms with Crippen molar-refractivity contribution >= 4 is 17.7 Å². The third kappa shape index (κ3) is 6.55. The van der Waals surface area contributed by atoms with Crippen molar-refractivity contribution in [2.24, 2.45) is 0 Å². The first-order valence-corrected chi connectivity index (χ1v) is 9.93. The van der Waals surface area contributed by atoms with Gasteiger partial charge in [-0.1, -0.05) is 12.1 Å². The molecule has 0 fully saturated rings. The maximum absolute atomic E-state index is 14.4. The Hall–Kier alpha value is -3.88. The largest absolute Gasteiger partial charge is 0.490 e. The molecule has 3 aromatic rings. The molecule has 0 aliphatic heterocycles. The maximum Gasteiger partial charge on any atom is 0.387 e. The highest BCUT2D eigenvalue weighted by atomic mass is 19.3. The SMILES string of the molecule is CCOc1cc(C=CC(=O)N(Cc2ccccn2)c2ccc(F)cc2F)ccc1OC(F)F. The Labute approximate surface area is 187 Å². The molecule has 0 saturated heterocycles. The van der Waals surface area contributed by atoms with Crippen molar-refractivity contribution in [1.82, 2.24) is 4.98 Å². The Kier molecular flexibility index (Phi) is 8.01. The molecule has 0 aliphatic carbocycles. The summed E-state index contributed by atoms with van der Waals surface area (Å²) < 4.78 is 62.7. The van der Waals surface area contributed by atoms with E-state index in [9.17, 15) is 22.4 Å². The highest BCUT2D eigenvalue weighted by Gasteiger charge is 2.19. The number of carbonyl (C=O) groups is 1. The zero-order valence-corrected chi connectivity index (χ0v) is 17.6. The van der Waals surface area contributed by atoms with Crippen LogP contribution >= 0.6 is 0 Å². The zero-order valence-electron chi connectivity index (χ0n) is 17.6. The van der Waals surface area contributed by atoms with E-state index >= 15 is 0 Å². The lowest BCUT2D eigenvalue weighted by Crippen LogP contribution is -2.30. The number of hydrogen-bond donors (Lipinski definition) is 0. The van der Waals surface area contributed by atoms with Gasteiger partial charge in [-0.2, -0.15) is 8.78 Å². The molecule has 2 aromatic carbocycles. The molecular formula is C24H20F4N2O3. The van der Waals surface area contributed by atoms with Crippen molar-refractivity contribution in [3.05, 3.63) is 89.8 Å². The number of hydrogen-bond acceptors (Lipinski definition) is 4. The van der Waals surface area contributed by atoms with E-state index in [4.69, 9.17) is 4.74 Å². The Morgan fingerprint density at radius 2 is 1.91 bits per heavy atom.